The van der Waals surface area contributed by atoms with Crippen molar-refractivity contribution in [2.75, 3.05) is 7.11 Å². The van der Waals surface area contributed by atoms with Crippen LogP contribution >= 0.6 is 0 Å². The molecule has 0 aliphatic carbocycles. The smallest absolute Gasteiger partial charge is 0.407 e. The fraction of sp³-hybridized carbons (Fsp3) is 0.833. The molecule has 54 valence electrons. The molecule has 0 saturated heterocycles. The summed E-state index contributed by atoms with van der Waals surface area (Å²) in [6.07, 6.45) is 0.569. The van der Waals surface area contributed by atoms with Gasteiger partial charge in [0.25, 0.3) is 0 Å². The molecular weight excluding hydrogens is 118 g/mol. The normalized spacial score (nSPS) is 12.3. The zero-order valence-electron chi connectivity index (χ0n) is 6.10. The van der Waals surface area contributed by atoms with Crippen LogP contribution in [0.4, 0.5) is 4.79 Å². The lowest BCUT2D eigenvalue weighted by Gasteiger charge is -2.08. The summed E-state index contributed by atoms with van der Waals surface area (Å²) in [5.74, 6) is 0. The number of alkyl carbamates (subject to hydrolysis) is 1. The third-order valence-electron chi connectivity index (χ3n) is 1.16. The highest BCUT2D eigenvalue weighted by Gasteiger charge is 2.01. The van der Waals surface area contributed by atoms with Crippen LogP contribution in [0.15, 0.2) is 0 Å². The molecule has 0 bridgehead atoms. The summed E-state index contributed by atoms with van der Waals surface area (Å²) in [5.41, 5.74) is 0. The van der Waals surface area contributed by atoms with Crippen molar-refractivity contribution < 1.29 is 9.53 Å². The first kappa shape index (κ1) is 8.27. The van der Waals surface area contributed by atoms with Gasteiger partial charge in [-0.15, -0.1) is 0 Å². The number of hydrogen-bond acceptors (Lipinski definition) is 2. The predicted octanol–water partition coefficient (Wildman–Crippen LogP) is 1.14. The van der Waals surface area contributed by atoms with Crippen LogP contribution in [-0.2, 0) is 4.74 Å². The molecule has 0 rings (SSSR count). The second-order valence-electron chi connectivity index (χ2n) is 1.95. The van der Waals surface area contributed by atoms with E-state index in [-0.39, 0.29) is 12.1 Å². The lowest BCUT2D eigenvalue weighted by atomic mass is 10.3. The minimum Gasteiger partial charge on any atom is -0.453 e. The molecule has 0 aromatic carbocycles. The van der Waals surface area contributed by atoms with Crippen molar-refractivity contribution >= 4 is 6.09 Å². The molecule has 3 heteroatoms. The molecule has 0 aliphatic heterocycles. The Balaban J connectivity index is 3.34. The third kappa shape index (κ3) is 3.82. The average molecular weight is 131 g/mol. The first-order valence-corrected chi connectivity index (χ1v) is 3.05. The van der Waals surface area contributed by atoms with E-state index in [0.717, 1.165) is 6.42 Å². The minimum absolute atomic E-state index is 0.206. The van der Waals surface area contributed by atoms with Crippen LogP contribution < -0.4 is 5.32 Å². The highest BCUT2D eigenvalue weighted by molar-refractivity contribution is 5.67. The Kier molecular flexibility index (Phi) is 3.84. The van der Waals surface area contributed by atoms with Crippen LogP contribution in [0.3, 0.4) is 0 Å². The van der Waals surface area contributed by atoms with Crippen molar-refractivity contribution in [2.24, 2.45) is 0 Å². The first-order chi connectivity index (χ1) is 4.20. The maximum atomic E-state index is 10.4. The van der Waals surface area contributed by atoms with Crippen molar-refractivity contribution in [3.8, 4) is 0 Å². The van der Waals surface area contributed by atoms with Gasteiger partial charge in [0.15, 0.2) is 0 Å². The van der Waals surface area contributed by atoms with Crippen molar-refractivity contribution in [1.82, 2.24) is 5.32 Å². The van der Waals surface area contributed by atoms with Gasteiger partial charge in [-0.05, 0) is 13.3 Å². The Hall–Kier alpha value is -0.730. The van der Waals surface area contributed by atoms with E-state index in [1.807, 2.05) is 13.8 Å². The van der Waals surface area contributed by atoms with Gasteiger partial charge in [0.1, 0.15) is 0 Å². The van der Waals surface area contributed by atoms with E-state index in [9.17, 15) is 4.79 Å². The molecule has 1 N–H and O–H groups in total. The average Bonchev–Trinajstić information content (AvgIpc) is 1.87. The number of ether oxygens (including phenoxy) is 1. The second-order valence-corrected chi connectivity index (χ2v) is 1.95. The quantitative estimate of drug-likeness (QED) is 0.610. The number of nitrogens with one attached hydrogen (secondary N) is 1. The number of rotatable bonds is 2. The molecule has 0 spiro atoms. The van der Waals surface area contributed by atoms with Gasteiger partial charge < -0.3 is 10.1 Å². The predicted molar refractivity (Wildman–Crippen MR) is 35.3 cm³/mol. The summed E-state index contributed by atoms with van der Waals surface area (Å²) >= 11 is 0. The van der Waals surface area contributed by atoms with Gasteiger partial charge in [-0.1, -0.05) is 6.92 Å². The van der Waals surface area contributed by atoms with Gasteiger partial charge in [-0.2, -0.15) is 0 Å². The van der Waals surface area contributed by atoms with E-state index in [4.69, 9.17) is 0 Å². The fourth-order valence-electron chi connectivity index (χ4n) is 0.362. The maximum Gasteiger partial charge on any atom is 0.407 e. The fourth-order valence-corrected chi connectivity index (χ4v) is 0.362. The second kappa shape index (κ2) is 4.18. The Morgan fingerprint density at radius 1 is 1.78 bits per heavy atom. The van der Waals surface area contributed by atoms with Gasteiger partial charge in [-0.25, -0.2) is 4.79 Å². The molecule has 0 heterocycles. The van der Waals surface area contributed by atoms with Crippen LogP contribution in [0.25, 0.3) is 0 Å². The summed E-state index contributed by atoms with van der Waals surface area (Å²) < 4.78 is 4.37. The molecule has 3 nitrogen and oxygen atoms in total. The number of carbonyl (C=O) groups is 1. The highest BCUT2D eigenvalue weighted by atomic mass is 16.5. The molecule has 1 atom stereocenters. The van der Waals surface area contributed by atoms with Crippen LogP contribution in [0, 0.1) is 0 Å². The molecule has 0 fully saturated rings. The Morgan fingerprint density at radius 2 is 2.33 bits per heavy atom. The van der Waals surface area contributed by atoms with E-state index >= 15 is 0 Å². The molecule has 0 radical (unpaired) electrons. The third-order valence-corrected chi connectivity index (χ3v) is 1.16. The van der Waals surface area contributed by atoms with Crippen molar-refractivity contribution in [2.45, 2.75) is 26.3 Å². The zero-order valence-corrected chi connectivity index (χ0v) is 6.10. The molecule has 1 amide bonds. The van der Waals surface area contributed by atoms with E-state index in [1.54, 1.807) is 0 Å². The maximum absolute atomic E-state index is 10.4. The molecule has 0 aromatic heterocycles. The summed E-state index contributed by atoms with van der Waals surface area (Å²) in [6, 6.07) is 0.206. The van der Waals surface area contributed by atoms with Crippen LogP contribution in [0.5, 0.6) is 0 Å². The molecule has 0 aromatic rings. The zero-order chi connectivity index (χ0) is 7.28. The Morgan fingerprint density at radius 3 is 2.67 bits per heavy atom. The van der Waals surface area contributed by atoms with Gasteiger partial charge in [0.05, 0.1) is 7.11 Å². The van der Waals surface area contributed by atoms with Gasteiger partial charge >= 0.3 is 6.09 Å². The number of amides is 1. The largest absolute Gasteiger partial charge is 0.453 e. The molecule has 9 heavy (non-hydrogen) atoms. The van der Waals surface area contributed by atoms with Gasteiger partial charge in [0, 0.05) is 6.04 Å². The number of hydrogen-bond donors (Lipinski definition) is 1. The van der Waals surface area contributed by atoms with Crippen LogP contribution in [0.1, 0.15) is 20.3 Å². The lowest BCUT2D eigenvalue weighted by Crippen LogP contribution is -2.31. The summed E-state index contributed by atoms with van der Waals surface area (Å²) in [7, 11) is 1.36. The number of carbonyl (C=O) groups excluding carboxylic acids is 1. The van der Waals surface area contributed by atoms with E-state index < -0.39 is 0 Å². The van der Waals surface area contributed by atoms with Crippen LogP contribution in [-0.4, -0.2) is 19.2 Å². The highest BCUT2D eigenvalue weighted by Crippen LogP contribution is 1.87. The van der Waals surface area contributed by atoms with Crippen molar-refractivity contribution in [3.63, 3.8) is 0 Å². The van der Waals surface area contributed by atoms with E-state index in [0.29, 0.717) is 0 Å². The standard InChI is InChI=1S/C6H13NO2/c1-4-5(2)7-6(8)9-3/h5H,4H2,1-3H3,(H,7,8)/t5-/m0/s1. The summed E-state index contributed by atoms with van der Waals surface area (Å²) in [5, 5.41) is 2.62. The molecule has 0 saturated carbocycles. The molecule has 0 aliphatic rings. The van der Waals surface area contributed by atoms with Gasteiger partial charge in [0.2, 0.25) is 0 Å². The summed E-state index contributed by atoms with van der Waals surface area (Å²) in [6.45, 7) is 3.93. The monoisotopic (exact) mass is 131 g/mol. The SMILES string of the molecule is CC[C@H](C)NC(=O)OC. The lowest BCUT2D eigenvalue weighted by molar-refractivity contribution is 0.167. The Labute approximate surface area is 55.4 Å². The minimum atomic E-state index is -0.357. The van der Waals surface area contributed by atoms with Crippen molar-refractivity contribution in [1.29, 1.82) is 0 Å². The van der Waals surface area contributed by atoms with E-state index in [1.165, 1.54) is 7.11 Å². The molecule has 0 unspecified atom stereocenters. The topological polar surface area (TPSA) is 38.3 Å². The van der Waals surface area contributed by atoms with Gasteiger partial charge in [-0.3, -0.25) is 0 Å². The number of methoxy groups -OCH3 is 1. The van der Waals surface area contributed by atoms with Crippen molar-refractivity contribution in [3.05, 3.63) is 0 Å². The van der Waals surface area contributed by atoms with E-state index in [2.05, 4.69) is 10.1 Å². The summed E-state index contributed by atoms with van der Waals surface area (Å²) in [4.78, 5) is 10.4. The first-order valence-electron chi connectivity index (χ1n) is 3.05. The Bertz CT molecular complexity index is 93.1. The van der Waals surface area contributed by atoms with Crippen LogP contribution in [0.2, 0.25) is 0 Å². The molecular formula is C6H13NO2.